The third kappa shape index (κ3) is 6.58. The average molecular weight is 400 g/mol. The van der Waals surface area contributed by atoms with Gasteiger partial charge in [0.1, 0.15) is 0 Å². The normalized spacial score (nSPS) is 18.6. The number of hydrogen-bond donors (Lipinski definition) is 2. The second-order valence-electron chi connectivity index (χ2n) is 6.97. The highest BCUT2D eigenvalue weighted by Gasteiger charge is 2.19. The summed E-state index contributed by atoms with van der Waals surface area (Å²) in [4.78, 5) is 10.5. The van der Waals surface area contributed by atoms with E-state index in [0.717, 1.165) is 24.0 Å². The summed E-state index contributed by atoms with van der Waals surface area (Å²) in [7, 11) is 0. The molecule has 0 spiro atoms. The van der Waals surface area contributed by atoms with Gasteiger partial charge in [0.25, 0.3) is 0 Å². The van der Waals surface area contributed by atoms with Gasteiger partial charge in [0.05, 0.1) is 12.2 Å². The minimum Gasteiger partial charge on any atom is -0.550 e. The van der Waals surface area contributed by atoms with Crippen molar-refractivity contribution in [2.24, 2.45) is 0 Å². The third-order valence-electron chi connectivity index (χ3n) is 4.82. The van der Waals surface area contributed by atoms with Gasteiger partial charge in [0.2, 0.25) is 0 Å². The van der Waals surface area contributed by atoms with Crippen LogP contribution in [0, 0.1) is 0 Å². The Hall–Kier alpha value is -1.07. The van der Waals surface area contributed by atoms with Gasteiger partial charge in [-0.15, -0.1) is 0 Å². The quantitative estimate of drug-likeness (QED) is 0.684. The number of hydrogen-bond acceptors (Lipinski definition) is 4. The number of aliphatic hydroxyl groups is 2. The van der Waals surface area contributed by atoms with Crippen molar-refractivity contribution in [1.29, 1.82) is 0 Å². The van der Waals surface area contributed by atoms with Gasteiger partial charge >= 0.3 is 0 Å². The predicted molar refractivity (Wildman–Crippen MR) is 102 cm³/mol. The van der Waals surface area contributed by atoms with Crippen LogP contribution in [0.4, 0.5) is 0 Å². The monoisotopic (exact) mass is 399 g/mol. The van der Waals surface area contributed by atoms with Crippen molar-refractivity contribution in [1.82, 2.24) is 0 Å². The van der Waals surface area contributed by atoms with E-state index in [0.29, 0.717) is 16.0 Å². The van der Waals surface area contributed by atoms with Crippen LogP contribution in [0.25, 0.3) is 6.08 Å². The Labute approximate surface area is 164 Å². The van der Waals surface area contributed by atoms with E-state index >= 15 is 0 Å². The molecular weight excluding hydrogens is 375 g/mol. The van der Waals surface area contributed by atoms with Crippen LogP contribution in [0.5, 0.6) is 0 Å². The second-order valence-corrected chi connectivity index (χ2v) is 7.81. The molecule has 1 saturated carbocycles. The fourth-order valence-electron chi connectivity index (χ4n) is 3.55. The summed E-state index contributed by atoms with van der Waals surface area (Å²) in [5.74, 6) is -0.959. The summed E-state index contributed by atoms with van der Waals surface area (Å²) in [5, 5.41) is 31.3. The highest BCUT2D eigenvalue weighted by atomic mass is 35.5. The predicted octanol–water partition coefficient (Wildman–Crippen LogP) is 3.70. The fourth-order valence-corrected chi connectivity index (χ4v) is 4.12. The molecule has 2 rings (SSSR count). The molecule has 0 aliphatic heterocycles. The lowest BCUT2D eigenvalue weighted by Gasteiger charge is -2.19. The molecule has 0 saturated heterocycles. The smallest absolute Gasteiger partial charge is 0.0748 e. The maximum atomic E-state index is 10.5. The Bertz CT molecular complexity index is 637. The number of carboxylic acids is 1. The van der Waals surface area contributed by atoms with Gasteiger partial charge in [-0.1, -0.05) is 61.0 Å². The highest BCUT2D eigenvalue weighted by Crippen LogP contribution is 2.38. The molecule has 0 amide bonds. The van der Waals surface area contributed by atoms with Crippen LogP contribution in [0.15, 0.2) is 18.2 Å². The molecule has 1 aromatic rings. The lowest BCUT2D eigenvalue weighted by molar-refractivity contribution is -0.307. The molecule has 144 valence electrons. The van der Waals surface area contributed by atoms with Crippen molar-refractivity contribution in [2.45, 2.75) is 69.5 Å². The van der Waals surface area contributed by atoms with Gasteiger partial charge in [-0.3, -0.25) is 0 Å². The maximum absolute atomic E-state index is 10.5. The molecule has 0 aromatic heterocycles. The first-order valence-corrected chi connectivity index (χ1v) is 9.85. The van der Waals surface area contributed by atoms with Crippen LogP contribution in [-0.2, 0) is 4.79 Å². The first-order chi connectivity index (χ1) is 12.4. The Morgan fingerprint density at radius 1 is 1.19 bits per heavy atom. The van der Waals surface area contributed by atoms with E-state index in [-0.39, 0.29) is 6.42 Å². The van der Waals surface area contributed by atoms with E-state index < -0.39 is 24.6 Å². The molecule has 0 heterocycles. The first kappa shape index (κ1) is 21.2. The Kier molecular flexibility index (Phi) is 8.42. The number of aliphatic carboxylic acids is 1. The van der Waals surface area contributed by atoms with Gasteiger partial charge in [-0.05, 0) is 42.0 Å². The number of carbonyl (C=O) groups excluding carboxylic acids is 1. The Morgan fingerprint density at radius 2 is 1.85 bits per heavy atom. The standard InChI is InChI=1S/C20H26Cl2O4/c21-14-9-18(13-5-3-1-2-4-6-13)17(19(22)10-14)8-7-15(23)11-16(24)12-20(25)26/h7-10,13,15-16,23-24H,1-6,11-12H2,(H,25,26)/p-1/b8-7+. The van der Waals surface area contributed by atoms with E-state index in [1.165, 1.54) is 31.8 Å². The van der Waals surface area contributed by atoms with Gasteiger partial charge in [0.15, 0.2) is 0 Å². The summed E-state index contributed by atoms with van der Waals surface area (Å²) in [5.41, 5.74) is 1.92. The van der Waals surface area contributed by atoms with Crippen LogP contribution >= 0.6 is 23.2 Å². The summed E-state index contributed by atoms with van der Waals surface area (Å²) >= 11 is 12.6. The summed E-state index contributed by atoms with van der Waals surface area (Å²) in [6.07, 6.45) is 7.59. The molecule has 2 N–H and O–H groups in total. The number of benzene rings is 1. The van der Waals surface area contributed by atoms with E-state index in [9.17, 15) is 20.1 Å². The highest BCUT2D eigenvalue weighted by molar-refractivity contribution is 6.35. The number of aliphatic hydroxyl groups excluding tert-OH is 2. The molecule has 2 unspecified atom stereocenters. The van der Waals surface area contributed by atoms with Crippen LogP contribution in [-0.4, -0.2) is 28.4 Å². The van der Waals surface area contributed by atoms with Crippen LogP contribution in [0.2, 0.25) is 10.0 Å². The minimum absolute atomic E-state index is 0.0749. The lowest BCUT2D eigenvalue weighted by Crippen LogP contribution is -2.29. The molecule has 0 bridgehead atoms. The topological polar surface area (TPSA) is 80.6 Å². The van der Waals surface area contributed by atoms with Gasteiger partial charge in [-0.25, -0.2) is 0 Å². The molecule has 6 heteroatoms. The van der Waals surface area contributed by atoms with Gasteiger partial charge < -0.3 is 20.1 Å². The molecule has 0 radical (unpaired) electrons. The van der Waals surface area contributed by atoms with Crippen LogP contribution in [0.1, 0.15) is 68.4 Å². The lowest BCUT2D eigenvalue weighted by atomic mass is 9.88. The molecular formula is C20H25Cl2O4-. The Morgan fingerprint density at radius 3 is 2.46 bits per heavy atom. The van der Waals surface area contributed by atoms with Crippen molar-refractivity contribution in [3.63, 3.8) is 0 Å². The molecule has 1 aliphatic carbocycles. The zero-order valence-corrected chi connectivity index (χ0v) is 16.2. The second kappa shape index (κ2) is 10.3. The number of halogens is 2. The molecule has 4 nitrogen and oxygen atoms in total. The summed E-state index contributed by atoms with van der Waals surface area (Å²) in [6, 6.07) is 3.63. The molecule has 1 aromatic carbocycles. The largest absolute Gasteiger partial charge is 0.550 e. The van der Waals surface area contributed by atoms with Crippen molar-refractivity contribution in [3.8, 4) is 0 Å². The van der Waals surface area contributed by atoms with Crippen molar-refractivity contribution in [2.75, 3.05) is 0 Å². The van der Waals surface area contributed by atoms with E-state index in [2.05, 4.69) is 0 Å². The zero-order chi connectivity index (χ0) is 19.1. The summed E-state index contributed by atoms with van der Waals surface area (Å²) < 4.78 is 0. The van der Waals surface area contributed by atoms with Crippen molar-refractivity contribution >= 4 is 35.2 Å². The molecule has 1 fully saturated rings. The van der Waals surface area contributed by atoms with Crippen molar-refractivity contribution in [3.05, 3.63) is 39.4 Å². The SMILES string of the molecule is O=C([O-])CC(O)CC(O)/C=C/c1c(Cl)cc(Cl)cc1C1CCCCCC1. The Balaban J connectivity index is 2.17. The zero-order valence-electron chi connectivity index (χ0n) is 14.7. The number of carbonyl (C=O) groups is 1. The molecule has 26 heavy (non-hydrogen) atoms. The minimum atomic E-state index is -1.34. The molecule has 2 atom stereocenters. The average Bonchev–Trinajstić information content (AvgIpc) is 2.81. The van der Waals surface area contributed by atoms with Crippen LogP contribution in [0.3, 0.4) is 0 Å². The van der Waals surface area contributed by atoms with E-state index in [1.54, 1.807) is 12.1 Å². The first-order valence-electron chi connectivity index (χ1n) is 9.10. The van der Waals surface area contributed by atoms with Gasteiger partial charge in [0, 0.05) is 28.9 Å². The number of carboxylic acid groups (broad SMARTS) is 1. The molecule has 1 aliphatic rings. The van der Waals surface area contributed by atoms with Gasteiger partial charge in [-0.2, -0.15) is 0 Å². The number of rotatable bonds is 7. The van der Waals surface area contributed by atoms with Crippen LogP contribution < -0.4 is 5.11 Å². The summed E-state index contributed by atoms with van der Waals surface area (Å²) in [6.45, 7) is 0. The van der Waals surface area contributed by atoms with E-state index in [4.69, 9.17) is 23.2 Å². The van der Waals surface area contributed by atoms with Crippen molar-refractivity contribution < 1.29 is 20.1 Å². The maximum Gasteiger partial charge on any atom is 0.0748 e. The fraction of sp³-hybridized carbons (Fsp3) is 0.550. The van der Waals surface area contributed by atoms with E-state index in [1.807, 2.05) is 6.07 Å². The third-order valence-corrected chi connectivity index (χ3v) is 5.35.